The van der Waals surface area contributed by atoms with E-state index in [4.69, 9.17) is 0 Å². The minimum absolute atomic E-state index is 0.431. The van der Waals surface area contributed by atoms with Gasteiger partial charge in [-0.2, -0.15) is 0 Å². The van der Waals surface area contributed by atoms with Gasteiger partial charge in [-0.1, -0.05) is 49.3 Å². The first kappa shape index (κ1) is 8.70. The van der Waals surface area contributed by atoms with Crippen LogP contribution in [0.1, 0.15) is 27.7 Å². The Morgan fingerprint density at radius 3 is 1.88 bits per heavy atom. The van der Waals surface area contributed by atoms with Crippen molar-refractivity contribution in [2.75, 3.05) is 5.75 Å². The summed E-state index contributed by atoms with van der Waals surface area (Å²) in [4.78, 5) is 0. The largest absolute Gasteiger partial charge is 0.0939 e. The van der Waals surface area contributed by atoms with Crippen molar-refractivity contribution in [1.82, 2.24) is 0 Å². The van der Waals surface area contributed by atoms with E-state index in [0.29, 0.717) is 4.75 Å². The Labute approximate surface area is 60.2 Å². The fraction of sp³-hybridized carbons (Fsp3) is 1.00. The third-order valence-electron chi connectivity index (χ3n) is 0.427. The fourth-order valence-electron chi connectivity index (χ4n) is 0.236. The van der Waals surface area contributed by atoms with Crippen LogP contribution in [0.2, 0.25) is 0 Å². The normalized spacial score (nSPS) is 12.0. The van der Waals surface area contributed by atoms with Gasteiger partial charge >= 0.3 is 0 Å². The summed E-state index contributed by atoms with van der Waals surface area (Å²) >= 11 is 0. The van der Waals surface area contributed by atoms with Gasteiger partial charge in [-0.3, -0.25) is 0 Å². The fourth-order valence-corrected chi connectivity index (χ4v) is 2.12. The molecule has 0 saturated heterocycles. The van der Waals surface area contributed by atoms with Crippen molar-refractivity contribution < 1.29 is 0 Å². The summed E-state index contributed by atoms with van der Waals surface area (Å²) in [5.74, 6) is 1.21. The standard InChI is InChI=1S/C6H14S2/c1-5-7-8-6(2,3)4/h5H2,1-4H3. The lowest BCUT2D eigenvalue weighted by Gasteiger charge is -2.14. The van der Waals surface area contributed by atoms with Crippen LogP contribution >= 0.6 is 21.6 Å². The van der Waals surface area contributed by atoms with Gasteiger partial charge in [-0.25, -0.2) is 0 Å². The second-order valence-electron chi connectivity index (χ2n) is 2.60. The van der Waals surface area contributed by atoms with E-state index < -0.39 is 0 Å². The molecule has 0 aliphatic carbocycles. The summed E-state index contributed by atoms with van der Waals surface area (Å²) in [7, 11) is 3.88. The molecule has 0 amide bonds. The molecular formula is C6H14S2. The maximum Gasteiger partial charge on any atom is 0.0179 e. The molecular weight excluding hydrogens is 136 g/mol. The molecule has 0 atom stereocenters. The highest BCUT2D eigenvalue weighted by Gasteiger charge is 2.08. The predicted octanol–water partition coefficient (Wildman–Crippen LogP) is 3.19. The van der Waals surface area contributed by atoms with Gasteiger partial charge in [-0.15, -0.1) is 0 Å². The minimum atomic E-state index is 0.431. The minimum Gasteiger partial charge on any atom is -0.0939 e. The molecule has 0 nitrogen and oxygen atoms in total. The van der Waals surface area contributed by atoms with Crippen molar-refractivity contribution in [2.45, 2.75) is 32.4 Å². The predicted molar refractivity (Wildman–Crippen MR) is 45.5 cm³/mol. The summed E-state index contributed by atoms with van der Waals surface area (Å²) in [6.45, 7) is 8.89. The summed E-state index contributed by atoms with van der Waals surface area (Å²) < 4.78 is 0.431. The van der Waals surface area contributed by atoms with Crippen LogP contribution in [0.4, 0.5) is 0 Å². The van der Waals surface area contributed by atoms with Gasteiger partial charge in [0.15, 0.2) is 0 Å². The Balaban J connectivity index is 3.11. The van der Waals surface area contributed by atoms with E-state index >= 15 is 0 Å². The van der Waals surface area contributed by atoms with Gasteiger partial charge in [0.2, 0.25) is 0 Å². The number of hydrogen-bond donors (Lipinski definition) is 0. The monoisotopic (exact) mass is 150 g/mol. The van der Waals surface area contributed by atoms with Crippen LogP contribution in [0.25, 0.3) is 0 Å². The second-order valence-corrected chi connectivity index (χ2v) is 6.01. The molecule has 0 heterocycles. The molecule has 0 N–H and O–H groups in total. The zero-order chi connectivity index (χ0) is 6.62. The van der Waals surface area contributed by atoms with E-state index in [9.17, 15) is 0 Å². The summed E-state index contributed by atoms with van der Waals surface area (Å²) in [5, 5.41) is 0. The van der Waals surface area contributed by atoms with E-state index in [2.05, 4.69) is 27.7 Å². The molecule has 0 aliphatic heterocycles. The molecule has 0 radical (unpaired) electrons. The molecule has 0 saturated carbocycles. The second kappa shape index (κ2) is 3.67. The van der Waals surface area contributed by atoms with Gasteiger partial charge in [0, 0.05) is 10.5 Å². The van der Waals surface area contributed by atoms with E-state index in [1.807, 2.05) is 21.6 Å². The molecule has 0 aromatic heterocycles. The molecule has 0 fully saturated rings. The highest BCUT2D eigenvalue weighted by molar-refractivity contribution is 8.77. The Kier molecular flexibility index (Phi) is 4.00. The molecule has 50 valence electrons. The zero-order valence-electron chi connectivity index (χ0n) is 6.02. The molecule has 0 aromatic rings. The first-order valence-corrected chi connectivity index (χ1v) is 5.19. The maximum atomic E-state index is 2.24. The van der Waals surface area contributed by atoms with Crippen LogP contribution in [0.15, 0.2) is 0 Å². The smallest absolute Gasteiger partial charge is 0.0179 e. The molecule has 0 aromatic carbocycles. The van der Waals surface area contributed by atoms with Crippen LogP contribution < -0.4 is 0 Å². The van der Waals surface area contributed by atoms with Gasteiger partial charge in [0.1, 0.15) is 0 Å². The number of rotatable bonds is 2. The lowest BCUT2D eigenvalue weighted by Crippen LogP contribution is -2.04. The van der Waals surface area contributed by atoms with Crippen molar-refractivity contribution in [2.24, 2.45) is 0 Å². The average Bonchev–Trinajstić information content (AvgIpc) is 1.59. The van der Waals surface area contributed by atoms with Gasteiger partial charge in [0.05, 0.1) is 0 Å². The highest BCUT2D eigenvalue weighted by Crippen LogP contribution is 2.34. The van der Waals surface area contributed by atoms with Crippen LogP contribution in [-0.2, 0) is 0 Å². The third-order valence-corrected chi connectivity index (χ3v) is 3.84. The molecule has 0 unspecified atom stereocenters. The van der Waals surface area contributed by atoms with Crippen molar-refractivity contribution in [3.05, 3.63) is 0 Å². The molecule has 2 heteroatoms. The number of hydrogen-bond acceptors (Lipinski definition) is 2. The van der Waals surface area contributed by atoms with E-state index in [1.165, 1.54) is 5.75 Å². The quantitative estimate of drug-likeness (QED) is 0.554. The van der Waals surface area contributed by atoms with Crippen molar-refractivity contribution in [1.29, 1.82) is 0 Å². The van der Waals surface area contributed by atoms with Crippen LogP contribution in [0.3, 0.4) is 0 Å². The maximum absolute atomic E-state index is 2.24. The summed E-state index contributed by atoms with van der Waals surface area (Å²) in [5.41, 5.74) is 0. The molecule has 0 aliphatic rings. The van der Waals surface area contributed by atoms with E-state index in [1.54, 1.807) is 0 Å². The van der Waals surface area contributed by atoms with Crippen molar-refractivity contribution in [3.63, 3.8) is 0 Å². The Morgan fingerprint density at radius 2 is 1.75 bits per heavy atom. The molecule has 0 bridgehead atoms. The van der Waals surface area contributed by atoms with E-state index in [-0.39, 0.29) is 0 Å². The zero-order valence-corrected chi connectivity index (χ0v) is 7.66. The van der Waals surface area contributed by atoms with Gasteiger partial charge < -0.3 is 0 Å². The topological polar surface area (TPSA) is 0 Å². The Bertz CT molecular complexity index is 54.0. The highest BCUT2D eigenvalue weighted by atomic mass is 33.1. The van der Waals surface area contributed by atoms with Gasteiger partial charge in [0.25, 0.3) is 0 Å². The molecule has 0 spiro atoms. The van der Waals surface area contributed by atoms with Crippen LogP contribution in [0, 0.1) is 0 Å². The van der Waals surface area contributed by atoms with Crippen molar-refractivity contribution >= 4 is 21.6 Å². The van der Waals surface area contributed by atoms with Crippen molar-refractivity contribution in [3.8, 4) is 0 Å². The average molecular weight is 150 g/mol. The lowest BCUT2D eigenvalue weighted by atomic mass is 10.3. The summed E-state index contributed by atoms with van der Waals surface area (Å²) in [6.07, 6.45) is 0. The SMILES string of the molecule is CCSSC(C)(C)C. The lowest BCUT2D eigenvalue weighted by molar-refractivity contribution is 0.810. The molecule has 0 rings (SSSR count). The van der Waals surface area contributed by atoms with Crippen LogP contribution in [0.5, 0.6) is 0 Å². The first-order valence-electron chi connectivity index (χ1n) is 2.87. The summed E-state index contributed by atoms with van der Waals surface area (Å²) in [6, 6.07) is 0. The van der Waals surface area contributed by atoms with Gasteiger partial charge in [-0.05, 0) is 0 Å². The molecule has 8 heavy (non-hydrogen) atoms. The Morgan fingerprint density at radius 1 is 1.25 bits per heavy atom. The Hall–Kier alpha value is 0.700. The third kappa shape index (κ3) is 6.70. The van der Waals surface area contributed by atoms with E-state index in [0.717, 1.165) is 0 Å². The van der Waals surface area contributed by atoms with Crippen LogP contribution in [-0.4, -0.2) is 10.5 Å². The first-order chi connectivity index (χ1) is 3.56.